The number of allylic oxidation sites excluding steroid dienone is 1. The molecule has 13 heavy (non-hydrogen) atoms. The Labute approximate surface area is 79.5 Å². The van der Waals surface area contributed by atoms with Gasteiger partial charge in [-0.1, -0.05) is 31.1 Å². The molecule has 0 aromatic carbocycles. The summed E-state index contributed by atoms with van der Waals surface area (Å²) in [5, 5.41) is 8.05. The summed E-state index contributed by atoms with van der Waals surface area (Å²) in [6.07, 6.45) is 8.35. The van der Waals surface area contributed by atoms with E-state index in [-0.39, 0.29) is 0 Å². The van der Waals surface area contributed by atoms with Gasteiger partial charge in [-0.3, -0.25) is 4.68 Å². The molecule has 0 N–H and O–H groups in total. The van der Waals surface area contributed by atoms with E-state index < -0.39 is 0 Å². The second kappa shape index (κ2) is 5.51. The third kappa shape index (κ3) is 3.40. The fraction of sp³-hybridized carbons (Fsp3) is 0.600. The minimum absolute atomic E-state index is 0.813. The number of aromatic nitrogens is 3. The molecular weight excluding hydrogens is 162 g/mol. The molecule has 1 heterocycles. The third-order valence-electron chi connectivity index (χ3n) is 1.93. The minimum Gasteiger partial charge on any atom is -0.252 e. The number of hydrogen-bond acceptors (Lipinski definition) is 2. The van der Waals surface area contributed by atoms with Crippen molar-refractivity contribution in [1.29, 1.82) is 0 Å². The van der Waals surface area contributed by atoms with Crippen LogP contribution in [0.25, 0.3) is 0 Å². The van der Waals surface area contributed by atoms with E-state index in [0.717, 1.165) is 18.7 Å². The quantitative estimate of drug-likeness (QED) is 0.495. The van der Waals surface area contributed by atoms with Gasteiger partial charge in [0.25, 0.3) is 0 Å². The molecule has 0 amide bonds. The highest BCUT2D eigenvalue weighted by molar-refractivity contribution is 4.97. The number of unbranched alkanes of at least 4 members (excludes halogenated alkanes) is 2. The highest BCUT2D eigenvalue weighted by atomic mass is 15.4. The summed E-state index contributed by atoms with van der Waals surface area (Å²) in [6.45, 7) is 6.85. The van der Waals surface area contributed by atoms with Crippen LogP contribution >= 0.6 is 0 Å². The van der Waals surface area contributed by atoms with Crippen LogP contribution < -0.4 is 0 Å². The van der Waals surface area contributed by atoms with Gasteiger partial charge in [0.1, 0.15) is 0 Å². The van der Waals surface area contributed by atoms with Gasteiger partial charge >= 0.3 is 0 Å². The fourth-order valence-corrected chi connectivity index (χ4v) is 1.21. The Balaban J connectivity index is 2.35. The molecule has 0 spiro atoms. The second-order valence-electron chi connectivity index (χ2n) is 3.17. The number of hydrogen-bond donors (Lipinski definition) is 0. The van der Waals surface area contributed by atoms with Crippen molar-refractivity contribution >= 4 is 0 Å². The Bertz CT molecular complexity index is 252. The smallest absolute Gasteiger partial charge is 0.0864 e. The average Bonchev–Trinajstić information content (AvgIpc) is 2.54. The van der Waals surface area contributed by atoms with Crippen LogP contribution in [-0.4, -0.2) is 15.0 Å². The average molecular weight is 179 g/mol. The van der Waals surface area contributed by atoms with Crippen molar-refractivity contribution in [3.05, 3.63) is 24.5 Å². The predicted molar refractivity (Wildman–Crippen MR) is 53.4 cm³/mol. The first-order chi connectivity index (χ1) is 6.36. The molecule has 0 unspecified atom stereocenters. The summed E-state index contributed by atoms with van der Waals surface area (Å²) in [7, 11) is 0. The Morgan fingerprint density at radius 3 is 3.08 bits per heavy atom. The van der Waals surface area contributed by atoms with Crippen LogP contribution in [0.1, 0.15) is 31.9 Å². The lowest BCUT2D eigenvalue weighted by molar-refractivity contribution is 0.537. The van der Waals surface area contributed by atoms with Gasteiger partial charge in [0, 0.05) is 19.2 Å². The molecule has 72 valence electrons. The molecule has 0 radical (unpaired) electrons. The van der Waals surface area contributed by atoms with Crippen LogP contribution in [0, 0.1) is 0 Å². The molecule has 1 aromatic rings. The van der Waals surface area contributed by atoms with Crippen molar-refractivity contribution in [2.24, 2.45) is 0 Å². The Hall–Kier alpha value is -1.12. The normalized spacial score (nSPS) is 10.2. The number of rotatable bonds is 6. The molecule has 0 bridgehead atoms. The van der Waals surface area contributed by atoms with E-state index in [2.05, 4.69) is 23.8 Å². The fourth-order valence-electron chi connectivity index (χ4n) is 1.21. The van der Waals surface area contributed by atoms with Crippen LogP contribution in [0.2, 0.25) is 0 Å². The van der Waals surface area contributed by atoms with Crippen LogP contribution in [0.5, 0.6) is 0 Å². The molecular formula is C10H17N3. The van der Waals surface area contributed by atoms with E-state index >= 15 is 0 Å². The van der Waals surface area contributed by atoms with E-state index in [1.807, 2.05) is 17.0 Å². The molecule has 0 saturated carbocycles. The largest absolute Gasteiger partial charge is 0.252 e. The standard InChI is InChI=1S/C10H17N3/c1-3-5-6-8-13-9-10(7-4-2)11-12-13/h4,9H,2-3,5-8H2,1H3. The van der Waals surface area contributed by atoms with Gasteiger partial charge in [-0.25, -0.2) is 0 Å². The summed E-state index contributed by atoms with van der Waals surface area (Å²) in [6, 6.07) is 0. The summed E-state index contributed by atoms with van der Waals surface area (Å²) in [5.74, 6) is 0. The molecule has 3 nitrogen and oxygen atoms in total. The predicted octanol–water partition coefficient (Wildman–Crippen LogP) is 2.20. The van der Waals surface area contributed by atoms with Crippen LogP contribution in [-0.2, 0) is 13.0 Å². The SMILES string of the molecule is C=CCc1cn(CCCCC)nn1. The monoisotopic (exact) mass is 179 g/mol. The maximum Gasteiger partial charge on any atom is 0.0864 e. The van der Waals surface area contributed by atoms with Gasteiger partial charge < -0.3 is 0 Å². The Morgan fingerprint density at radius 2 is 2.38 bits per heavy atom. The van der Waals surface area contributed by atoms with Gasteiger partial charge in [0.15, 0.2) is 0 Å². The molecule has 0 saturated heterocycles. The second-order valence-corrected chi connectivity index (χ2v) is 3.17. The van der Waals surface area contributed by atoms with Gasteiger partial charge in [0.05, 0.1) is 5.69 Å². The summed E-state index contributed by atoms with van der Waals surface area (Å²) in [5.41, 5.74) is 1.01. The lowest BCUT2D eigenvalue weighted by Crippen LogP contribution is -1.98. The van der Waals surface area contributed by atoms with Crippen molar-refractivity contribution in [3.63, 3.8) is 0 Å². The van der Waals surface area contributed by atoms with Gasteiger partial charge in [-0.05, 0) is 6.42 Å². The molecule has 0 fully saturated rings. The molecule has 3 heteroatoms. The number of nitrogens with zero attached hydrogens (tertiary/aromatic N) is 3. The summed E-state index contributed by atoms with van der Waals surface area (Å²) >= 11 is 0. The lowest BCUT2D eigenvalue weighted by Gasteiger charge is -1.97. The highest BCUT2D eigenvalue weighted by Crippen LogP contribution is 1.99. The van der Waals surface area contributed by atoms with Crippen molar-refractivity contribution in [2.45, 2.75) is 39.2 Å². The first-order valence-electron chi connectivity index (χ1n) is 4.86. The van der Waals surface area contributed by atoms with E-state index in [1.165, 1.54) is 19.3 Å². The van der Waals surface area contributed by atoms with Crippen molar-refractivity contribution < 1.29 is 0 Å². The molecule has 1 rings (SSSR count). The first-order valence-corrected chi connectivity index (χ1v) is 4.86. The Kier molecular flexibility index (Phi) is 4.23. The van der Waals surface area contributed by atoms with Gasteiger partial charge in [-0.15, -0.1) is 11.7 Å². The van der Waals surface area contributed by atoms with E-state index in [0.29, 0.717) is 0 Å². The third-order valence-corrected chi connectivity index (χ3v) is 1.93. The van der Waals surface area contributed by atoms with E-state index in [4.69, 9.17) is 0 Å². The zero-order valence-corrected chi connectivity index (χ0v) is 8.24. The molecule has 0 aliphatic carbocycles. The van der Waals surface area contributed by atoms with Crippen LogP contribution in [0.3, 0.4) is 0 Å². The molecule has 0 aliphatic rings. The maximum absolute atomic E-state index is 4.03. The molecule has 0 atom stereocenters. The topological polar surface area (TPSA) is 30.7 Å². The van der Waals surface area contributed by atoms with E-state index in [1.54, 1.807) is 0 Å². The van der Waals surface area contributed by atoms with Crippen molar-refractivity contribution in [2.75, 3.05) is 0 Å². The first kappa shape index (κ1) is 9.96. The summed E-state index contributed by atoms with van der Waals surface area (Å²) in [4.78, 5) is 0. The lowest BCUT2D eigenvalue weighted by atomic mass is 10.2. The van der Waals surface area contributed by atoms with Gasteiger partial charge in [0.2, 0.25) is 0 Å². The minimum atomic E-state index is 0.813. The zero-order chi connectivity index (χ0) is 9.52. The van der Waals surface area contributed by atoms with Crippen LogP contribution in [0.4, 0.5) is 0 Å². The van der Waals surface area contributed by atoms with Gasteiger partial charge in [-0.2, -0.15) is 0 Å². The Morgan fingerprint density at radius 1 is 1.54 bits per heavy atom. The van der Waals surface area contributed by atoms with Crippen molar-refractivity contribution in [3.8, 4) is 0 Å². The molecule has 1 aromatic heterocycles. The number of aryl methyl sites for hydroxylation is 1. The highest BCUT2D eigenvalue weighted by Gasteiger charge is 1.97. The maximum atomic E-state index is 4.03. The zero-order valence-electron chi connectivity index (χ0n) is 8.24. The molecule has 0 aliphatic heterocycles. The van der Waals surface area contributed by atoms with E-state index in [9.17, 15) is 0 Å². The van der Waals surface area contributed by atoms with Crippen molar-refractivity contribution in [1.82, 2.24) is 15.0 Å². The summed E-state index contributed by atoms with van der Waals surface area (Å²) < 4.78 is 1.91. The van der Waals surface area contributed by atoms with Crippen LogP contribution in [0.15, 0.2) is 18.9 Å².